The van der Waals surface area contributed by atoms with Crippen LogP contribution in [-0.4, -0.2) is 40.3 Å². The van der Waals surface area contributed by atoms with Crippen molar-refractivity contribution in [1.82, 2.24) is 10.2 Å². The Bertz CT molecular complexity index is 266. The minimum atomic E-state index is -0.801. The fraction of sp³-hybridized carbons (Fsp3) is 0.923. The molecule has 0 aromatic heterocycles. The Kier molecular flexibility index (Phi) is 4.80. The molecule has 17 heavy (non-hydrogen) atoms. The third-order valence-electron chi connectivity index (χ3n) is 3.88. The van der Waals surface area contributed by atoms with E-state index in [0.29, 0.717) is 0 Å². The summed E-state index contributed by atoms with van der Waals surface area (Å²) in [5, 5.41) is 12.8. The Balaban J connectivity index is 2.70. The maximum atomic E-state index is 11.4. The number of hydrogen-bond donors (Lipinski definition) is 2. The van der Waals surface area contributed by atoms with Crippen molar-refractivity contribution in [2.45, 2.75) is 71.0 Å². The Morgan fingerprint density at radius 3 is 2.65 bits per heavy atom. The molecule has 0 aromatic carbocycles. The lowest BCUT2D eigenvalue weighted by atomic mass is 9.85. The lowest BCUT2D eigenvalue weighted by molar-refractivity contribution is 0.0155. The molecule has 1 amide bonds. The highest BCUT2D eigenvalue weighted by atomic mass is 16.4. The van der Waals surface area contributed by atoms with E-state index < -0.39 is 6.09 Å². The number of hydrogen-bond acceptors (Lipinski definition) is 2. The first kappa shape index (κ1) is 14.3. The second-order valence-corrected chi connectivity index (χ2v) is 5.61. The molecule has 1 rings (SSSR count). The minimum Gasteiger partial charge on any atom is -0.465 e. The van der Waals surface area contributed by atoms with Crippen molar-refractivity contribution in [2.24, 2.45) is 0 Å². The van der Waals surface area contributed by atoms with Gasteiger partial charge < -0.3 is 10.4 Å². The number of nitrogens with one attached hydrogen (secondary N) is 1. The first-order valence-corrected chi connectivity index (χ1v) is 6.67. The van der Waals surface area contributed by atoms with Crippen LogP contribution in [0.15, 0.2) is 0 Å². The molecule has 4 nitrogen and oxygen atoms in total. The summed E-state index contributed by atoms with van der Waals surface area (Å²) in [5.74, 6) is 0. The van der Waals surface area contributed by atoms with Gasteiger partial charge in [-0.1, -0.05) is 26.2 Å². The van der Waals surface area contributed by atoms with Crippen LogP contribution in [0.3, 0.4) is 0 Å². The highest BCUT2D eigenvalue weighted by molar-refractivity contribution is 5.67. The number of carbonyl (C=O) groups is 1. The zero-order valence-corrected chi connectivity index (χ0v) is 11.5. The standard InChI is InChI=1S/C13H26N2O2/c1-5-6-7-8-11-13(3,4)15(12(16)17)10(2)9-14-11/h10-11,14H,5-9H2,1-4H3,(H,16,17). The molecule has 1 saturated heterocycles. The van der Waals surface area contributed by atoms with Gasteiger partial charge in [0.2, 0.25) is 0 Å². The topological polar surface area (TPSA) is 52.6 Å². The summed E-state index contributed by atoms with van der Waals surface area (Å²) in [6, 6.07) is 0.311. The molecule has 0 bridgehead atoms. The molecule has 2 unspecified atom stereocenters. The largest absolute Gasteiger partial charge is 0.465 e. The van der Waals surface area contributed by atoms with E-state index in [4.69, 9.17) is 0 Å². The average Bonchev–Trinajstić information content (AvgIpc) is 2.20. The van der Waals surface area contributed by atoms with Crippen molar-refractivity contribution >= 4 is 6.09 Å². The quantitative estimate of drug-likeness (QED) is 0.745. The van der Waals surface area contributed by atoms with E-state index in [9.17, 15) is 9.90 Å². The maximum absolute atomic E-state index is 11.4. The number of piperazine rings is 1. The van der Waals surface area contributed by atoms with Gasteiger partial charge in [-0.15, -0.1) is 0 Å². The second kappa shape index (κ2) is 5.71. The molecule has 100 valence electrons. The molecule has 2 atom stereocenters. The Morgan fingerprint density at radius 2 is 2.12 bits per heavy atom. The first-order valence-electron chi connectivity index (χ1n) is 6.67. The van der Waals surface area contributed by atoms with E-state index in [1.807, 2.05) is 20.8 Å². The van der Waals surface area contributed by atoms with Gasteiger partial charge in [-0.25, -0.2) is 4.79 Å². The number of carboxylic acid groups (broad SMARTS) is 1. The SMILES string of the molecule is CCCCCC1NCC(C)N(C(=O)O)C1(C)C. The van der Waals surface area contributed by atoms with Crippen LogP contribution >= 0.6 is 0 Å². The van der Waals surface area contributed by atoms with Crippen molar-refractivity contribution in [1.29, 1.82) is 0 Å². The molecule has 1 heterocycles. The molecule has 1 aliphatic rings. The average molecular weight is 242 g/mol. The number of rotatable bonds is 4. The van der Waals surface area contributed by atoms with Crippen LogP contribution in [0.4, 0.5) is 4.79 Å². The van der Waals surface area contributed by atoms with Crippen molar-refractivity contribution in [2.75, 3.05) is 6.54 Å². The fourth-order valence-electron chi connectivity index (χ4n) is 2.88. The molecule has 0 aliphatic carbocycles. The molecule has 4 heteroatoms. The van der Waals surface area contributed by atoms with Gasteiger partial charge in [-0.3, -0.25) is 4.90 Å². The molecule has 0 spiro atoms. The Hall–Kier alpha value is -0.770. The third-order valence-corrected chi connectivity index (χ3v) is 3.88. The van der Waals surface area contributed by atoms with Crippen LogP contribution in [0.1, 0.15) is 53.4 Å². The highest BCUT2D eigenvalue weighted by Crippen LogP contribution is 2.28. The van der Waals surface area contributed by atoms with Crippen LogP contribution in [0.5, 0.6) is 0 Å². The zero-order valence-electron chi connectivity index (χ0n) is 11.5. The molecule has 0 radical (unpaired) electrons. The second-order valence-electron chi connectivity index (χ2n) is 5.61. The van der Waals surface area contributed by atoms with E-state index >= 15 is 0 Å². The van der Waals surface area contributed by atoms with Crippen LogP contribution in [0, 0.1) is 0 Å². The molecular formula is C13H26N2O2. The predicted octanol–water partition coefficient (Wildman–Crippen LogP) is 2.69. The lowest BCUT2D eigenvalue weighted by Gasteiger charge is -2.50. The minimum absolute atomic E-state index is 0.0462. The molecule has 1 fully saturated rings. The van der Waals surface area contributed by atoms with Crippen LogP contribution < -0.4 is 5.32 Å². The first-order chi connectivity index (χ1) is 7.91. The lowest BCUT2D eigenvalue weighted by Crippen LogP contribution is -2.68. The van der Waals surface area contributed by atoms with Crippen molar-refractivity contribution < 1.29 is 9.90 Å². The van der Waals surface area contributed by atoms with Crippen LogP contribution in [-0.2, 0) is 0 Å². The summed E-state index contributed by atoms with van der Waals surface area (Å²) < 4.78 is 0. The number of nitrogens with zero attached hydrogens (tertiary/aromatic N) is 1. The van der Waals surface area contributed by atoms with E-state index in [2.05, 4.69) is 12.2 Å². The fourth-order valence-corrected chi connectivity index (χ4v) is 2.88. The van der Waals surface area contributed by atoms with E-state index in [0.717, 1.165) is 13.0 Å². The third kappa shape index (κ3) is 3.12. The summed E-state index contributed by atoms with van der Waals surface area (Å²) >= 11 is 0. The van der Waals surface area contributed by atoms with E-state index in [1.54, 1.807) is 4.90 Å². The predicted molar refractivity (Wildman–Crippen MR) is 69.3 cm³/mol. The van der Waals surface area contributed by atoms with Gasteiger partial charge in [0.25, 0.3) is 0 Å². The van der Waals surface area contributed by atoms with Gasteiger partial charge in [0, 0.05) is 18.6 Å². The van der Waals surface area contributed by atoms with Crippen molar-refractivity contribution in [3.63, 3.8) is 0 Å². The van der Waals surface area contributed by atoms with Gasteiger partial charge >= 0.3 is 6.09 Å². The number of unbranched alkanes of at least 4 members (excludes halogenated alkanes) is 2. The summed E-state index contributed by atoms with van der Waals surface area (Å²) in [6.45, 7) is 8.96. The van der Waals surface area contributed by atoms with Crippen LogP contribution in [0.2, 0.25) is 0 Å². The molecule has 2 N–H and O–H groups in total. The van der Waals surface area contributed by atoms with E-state index in [-0.39, 0.29) is 17.6 Å². The van der Waals surface area contributed by atoms with Gasteiger partial charge in [-0.05, 0) is 27.2 Å². The van der Waals surface area contributed by atoms with E-state index in [1.165, 1.54) is 19.3 Å². The van der Waals surface area contributed by atoms with Gasteiger partial charge in [0.15, 0.2) is 0 Å². The van der Waals surface area contributed by atoms with Crippen molar-refractivity contribution in [3.8, 4) is 0 Å². The maximum Gasteiger partial charge on any atom is 0.408 e. The molecule has 0 aromatic rings. The smallest absolute Gasteiger partial charge is 0.408 e. The van der Waals surface area contributed by atoms with Gasteiger partial charge in [-0.2, -0.15) is 0 Å². The highest BCUT2D eigenvalue weighted by Gasteiger charge is 2.43. The molecule has 0 saturated carbocycles. The summed E-state index contributed by atoms with van der Waals surface area (Å²) in [4.78, 5) is 13.0. The summed E-state index contributed by atoms with van der Waals surface area (Å²) in [6.07, 6.45) is 3.84. The van der Waals surface area contributed by atoms with Gasteiger partial charge in [0.1, 0.15) is 0 Å². The monoisotopic (exact) mass is 242 g/mol. The Morgan fingerprint density at radius 1 is 1.47 bits per heavy atom. The summed E-state index contributed by atoms with van der Waals surface area (Å²) in [5.41, 5.74) is -0.322. The Labute approximate surface area is 104 Å². The number of amides is 1. The van der Waals surface area contributed by atoms with Crippen LogP contribution in [0.25, 0.3) is 0 Å². The normalized spacial score (nSPS) is 28.1. The van der Waals surface area contributed by atoms with Gasteiger partial charge in [0.05, 0.1) is 5.54 Å². The summed E-state index contributed by atoms with van der Waals surface area (Å²) in [7, 11) is 0. The molecular weight excluding hydrogens is 216 g/mol. The van der Waals surface area contributed by atoms with Crippen molar-refractivity contribution in [3.05, 3.63) is 0 Å². The molecule has 1 aliphatic heterocycles. The zero-order chi connectivity index (χ0) is 13.1.